The molecule has 0 saturated carbocycles. The van der Waals surface area contributed by atoms with E-state index in [1.54, 1.807) is 11.3 Å². The van der Waals surface area contributed by atoms with Crippen molar-refractivity contribution < 1.29 is 9.94 Å². The molecule has 0 aliphatic carbocycles. The van der Waals surface area contributed by atoms with Crippen molar-refractivity contribution in [2.75, 3.05) is 5.75 Å². The van der Waals surface area contributed by atoms with E-state index < -0.39 is 6.29 Å². The van der Waals surface area contributed by atoms with Gasteiger partial charge in [-0.25, -0.2) is 0 Å². The zero-order valence-corrected chi connectivity index (χ0v) is 7.77. The lowest BCUT2D eigenvalue weighted by molar-refractivity contribution is -0.0813. The zero-order valence-electron chi connectivity index (χ0n) is 6.14. The molecule has 1 aromatic rings. The molecular weight excluding hydrogens is 194 g/mol. The molecule has 1 atom stereocenters. The fraction of sp³-hybridized carbons (Fsp3) is 0.286. The highest BCUT2D eigenvalue weighted by atomic mass is 32.2. The highest BCUT2D eigenvalue weighted by Gasteiger charge is 2.16. The first-order chi connectivity index (χ1) is 5.86. The van der Waals surface area contributed by atoms with Gasteiger partial charge in [-0.2, -0.15) is 0 Å². The summed E-state index contributed by atoms with van der Waals surface area (Å²) in [6.45, 7) is 0. The molecule has 0 saturated heterocycles. The Bertz CT molecular complexity index is 284. The van der Waals surface area contributed by atoms with Crippen LogP contribution in [0.4, 0.5) is 0 Å². The molecule has 1 aliphatic rings. The molecule has 64 valence electrons. The Balaban J connectivity index is 2.16. The van der Waals surface area contributed by atoms with Gasteiger partial charge in [0.1, 0.15) is 0 Å². The highest BCUT2D eigenvalue weighted by molar-refractivity contribution is 8.14. The van der Waals surface area contributed by atoms with Crippen LogP contribution in [-0.2, 0) is 4.84 Å². The minimum atomic E-state index is -0.751. The fourth-order valence-corrected chi connectivity index (χ4v) is 2.42. The summed E-state index contributed by atoms with van der Waals surface area (Å²) in [6.07, 6.45) is -0.751. The number of thiophene rings is 1. The first kappa shape index (κ1) is 8.10. The Kier molecular flexibility index (Phi) is 2.34. The van der Waals surface area contributed by atoms with Crippen molar-refractivity contribution >= 4 is 28.1 Å². The van der Waals surface area contributed by atoms with Crippen LogP contribution in [0.3, 0.4) is 0 Å². The maximum Gasteiger partial charge on any atom is 0.233 e. The Morgan fingerprint density at radius 2 is 2.58 bits per heavy atom. The van der Waals surface area contributed by atoms with Crippen LogP contribution in [0.25, 0.3) is 0 Å². The third-order valence-electron chi connectivity index (χ3n) is 1.35. The SMILES string of the molecule is OC1CSC(c2cccs2)=NO1. The van der Waals surface area contributed by atoms with E-state index in [1.807, 2.05) is 17.5 Å². The quantitative estimate of drug-likeness (QED) is 0.748. The normalized spacial score (nSPS) is 23.1. The second-order valence-corrected chi connectivity index (χ2v) is 4.20. The predicted molar refractivity (Wildman–Crippen MR) is 50.4 cm³/mol. The number of oxime groups is 1. The monoisotopic (exact) mass is 201 g/mol. The average Bonchev–Trinajstić information content (AvgIpc) is 2.58. The smallest absolute Gasteiger partial charge is 0.233 e. The van der Waals surface area contributed by atoms with Gasteiger partial charge in [0.15, 0.2) is 5.04 Å². The lowest BCUT2D eigenvalue weighted by Gasteiger charge is -2.14. The van der Waals surface area contributed by atoms with Gasteiger partial charge in [0.05, 0.1) is 10.6 Å². The van der Waals surface area contributed by atoms with Crippen molar-refractivity contribution in [2.45, 2.75) is 6.29 Å². The van der Waals surface area contributed by atoms with Gasteiger partial charge in [-0.1, -0.05) is 23.0 Å². The van der Waals surface area contributed by atoms with Gasteiger partial charge >= 0.3 is 0 Å². The van der Waals surface area contributed by atoms with E-state index >= 15 is 0 Å². The maximum atomic E-state index is 8.98. The van der Waals surface area contributed by atoms with Gasteiger partial charge in [0.25, 0.3) is 0 Å². The molecular formula is C7H7NO2S2. The zero-order chi connectivity index (χ0) is 8.39. The van der Waals surface area contributed by atoms with Crippen molar-refractivity contribution in [1.29, 1.82) is 0 Å². The Hall–Kier alpha value is -0.520. The molecule has 1 aromatic heterocycles. The molecule has 3 nitrogen and oxygen atoms in total. The van der Waals surface area contributed by atoms with Crippen molar-refractivity contribution in [1.82, 2.24) is 0 Å². The van der Waals surface area contributed by atoms with Gasteiger partial charge in [0, 0.05) is 0 Å². The molecule has 1 N–H and O–H groups in total. The summed E-state index contributed by atoms with van der Waals surface area (Å²) in [6, 6.07) is 3.95. The third kappa shape index (κ3) is 1.63. The molecule has 5 heteroatoms. The first-order valence-corrected chi connectivity index (χ1v) is 5.31. The minimum absolute atomic E-state index is 0.552. The summed E-state index contributed by atoms with van der Waals surface area (Å²) in [4.78, 5) is 5.83. The minimum Gasteiger partial charge on any atom is -0.362 e. The van der Waals surface area contributed by atoms with Crippen molar-refractivity contribution in [3.63, 3.8) is 0 Å². The van der Waals surface area contributed by atoms with Crippen LogP contribution < -0.4 is 0 Å². The van der Waals surface area contributed by atoms with Crippen LogP contribution in [0.1, 0.15) is 4.88 Å². The number of thioether (sulfide) groups is 1. The van der Waals surface area contributed by atoms with Gasteiger partial charge in [-0.3, -0.25) is 0 Å². The number of hydrogen-bond acceptors (Lipinski definition) is 5. The summed E-state index contributed by atoms with van der Waals surface area (Å²) in [7, 11) is 0. The van der Waals surface area contributed by atoms with E-state index in [4.69, 9.17) is 9.94 Å². The van der Waals surface area contributed by atoms with Crippen LogP contribution in [0.15, 0.2) is 22.7 Å². The number of rotatable bonds is 1. The van der Waals surface area contributed by atoms with Crippen molar-refractivity contribution in [2.24, 2.45) is 5.16 Å². The fourth-order valence-electron chi connectivity index (χ4n) is 0.832. The number of nitrogens with zero attached hydrogens (tertiary/aromatic N) is 1. The molecule has 0 bridgehead atoms. The van der Waals surface area contributed by atoms with Crippen molar-refractivity contribution in [3.8, 4) is 0 Å². The van der Waals surface area contributed by atoms with E-state index in [0.717, 1.165) is 9.92 Å². The molecule has 0 aromatic carbocycles. The number of aliphatic hydroxyl groups excluding tert-OH is 1. The van der Waals surface area contributed by atoms with E-state index in [-0.39, 0.29) is 0 Å². The van der Waals surface area contributed by atoms with Gasteiger partial charge in [-0.05, 0) is 11.4 Å². The summed E-state index contributed by atoms with van der Waals surface area (Å²) in [5, 5.41) is 15.6. The topological polar surface area (TPSA) is 41.8 Å². The summed E-state index contributed by atoms with van der Waals surface area (Å²) >= 11 is 3.13. The van der Waals surface area contributed by atoms with E-state index in [0.29, 0.717) is 5.75 Å². The first-order valence-electron chi connectivity index (χ1n) is 3.45. The lowest BCUT2D eigenvalue weighted by atomic mass is 10.5. The maximum absolute atomic E-state index is 8.98. The Morgan fingerprint density at radius 3 is 3.17 bits per heavy atom. The summed E-state index contributed by atoms with van der Waals surface area (Å²) < 4.78 is 0. The molecule has 0 radical (unpaired) electrons. The Morgan fingerprint density at radius 1 is 1.67 bits per heavy atom. The number of hydrogen-bond donors (Lipinski definition) is 1. The molecule has 12 heavy (non-hydrogen) atoms. The molecule has 0 fully saturated rings. The van der Waals surface area contributed by atoms with Gasteiger partial charge in [-0.15, -0.1) is 11.3 Å². The highest BCUT2D eigenvalue weighted by Crippen LogP contribution is 2.22. The summed E-state index contributed by atoms with van der Waals surface area (Å²) in [5.74, 6) is 0.552. The van der Waals surface area contributed by atoms with Gasteiger partial charge < -0.3 is 9.94 Å². The molecule has 2 rings (SSSR count). The molecule has 0 spiro atoms. The number of aliphatic hydroxyl groups is 1. The molecule has 0 amide bonds. The van der Waals surface area contributed by atoms with Gasteiger partial charge in [0.2, 0.25) is 6.29 Å². The molecule has 1 unspecified atom stereocenters. The standard InChI is InChI=1S/C7H7NO2S2/c9-6-4-12-7(8-10-6)5-2-1-3-11-5/h1-3,6,9H,4H2. The lowest BCUT2D eigenvalue weighted by Crippen LogP contribution is -2.18. The molecule has 2 heterocycles. The van der Waals surface area contributed by atoms with Crippen LogP contribution in [0.2, 0.25) is 0 Å². The van der Waals surface area contributed by atoms with Crippen LogP contribution in [0, 0.1) is 0 Å². The second-order valence-electron chi connectivity index (χ2n) is 2.24. The van der Waals surface area contributed by atoms with Crippen LogP contribution >= 0.6 is 23.1 Å². The molecule has 1 aliphatic heterocycles. The van der Waals surface area contributed by atoms with Crippen LogP contribution in [0.5, 0.6) is 0 Å². The largest absolute Gasteiger partial charge is 0.362 e. The van der Waals surface area contributed by atoms with E-state index in [2.05, 4.69) is 5.16 Å². The van der Waals surface area contributed by atoms with Crippen molar-refractivity contribution in [3.05, 3.63) is 22.4 Å². The predicted octanol–water partition coefficient (Wildman–Crippen LogP) is 1.49. The van der Waals surface area contributed by atoms with E-state index in [1.165, 1.54) is 11.8 Å². The van der Waals surface area contributed by atoms with Crippen LogP contribution in [-0.4, -0.2) is 22.2 Å². The summed E-state index contributed by atoms with van der Waals surface area (Å²) in [5.41, 5.74) is 0. The third-order valence-corrected chi connectivity index (χ3v) is 3.38. The average molecular weight is 201 g/mol. The second kappa shape index (κ2) is 3.47. The Labute approximate surface area is 78.0 Å². The van der Waals surface area contributed by atoms with E-state index in [9.17, 15) is 0 Å².